The summed E-state index contributed by atoms with van der Waals surface area (Å²) >= 11 is 0. The molecule has 0 atom stereocenters. The summed E-state index contributed by atoms with van der Waals surface area (Å²) in [5, 5.41) is 7.13. The van der Waals surface area contributed by atoms with E-state index in [0.29, 0.717) is 11.0 Å². The van der Waals surface area contributed by atoms with Gasteiger partial charge in [0, 0.05) is 7.05 Å². The highest BCUT2D eigenvalue weighted by Crippen LogP contribution is 2.16. The van der Waals surface area contributed by atoms with E-state index in [1.807, 2.05) is 31.2 Å². The van der Waals surface area contributed by atoms with Gasteiger partial charge in [0.25, 0.3) is 5.56 Å². The number of likely N-dealkylation sites (N-methyl/N-ethyl adjacent to an activating group) is 1. The number of para-hydroxylation sites is 1. The van der Waals surface area contributed by atoms with Gasteiger partial charge in [-0.05, 0) is 18.6 Å². The molecule has 0 saturated carbocycles. The Labute approximate surface area is 126 Å². The third kappa shape index (κ3) is 2.26. The molecule has 7 nitrogen and oxygen atoms in total. The van der Waals surface area contributed by atoms with Gasteiger partial charge < -0.3 is 5.32 Å². The lowest BCUT2D eigenvalue weighted by molar-refractivity contribution is -0.121. The smallest absolute Gasteiger partial charge is 0.264 e. The maximum Gasteiger partial charge on any atom is 0.264 e. The lowest BCUT2D eigenvalue weighted by Crippen LogP contribution is -2.30. The number of hydrogen-bond donors (Lipinski definition) is 1. The standard InChI is InChI=1S/C15H15N5O2/c1-10-5-3-4-6-12(10)20-14-11(7-18-20)15(22)19(9-17-14)8-13(21)16-2/h3-7,9H,8H2,1-2H3,(H,16,21). The molecule has 3 rings (SSSR count). The van der Waals surface area contributed by atoms with E-state index in [0.717, 1.165) is 11.3 Å². The van der Waals surface area contributed by atoms with Gasteiger partial charge in [0.1, 0.15) is 18.3 Å². The second-order valence-corrected chi connectivity index (χ2v) is 4.93. The van der Waals surface area contributed by atoms with Crippen LogP contribution in [0.15, 0.2) is 41.6 Å². The molecule has 2 heterocycles. The Morgan fingerprint density at radius 3 is 2.82 bits per heavy atom. The summed E-state index contributed by atoms with van der Waals surface area (Å²) in [6, 6.07) is 7.73. The fourth-order valence-electron chi connectivity index (χ4n) is 2.27. The molecule has 0 bridgehead atoms. The SMILES string of the molecule is CNC(=O)Cn1cnc2c(cnn2-c2ccccc2C)c1=O. The van der Waals surface area contributed by atoms with Crippen molar-refractivity contribution < 1.29 is 4.79 Å². The fraction of sp³-hybridized carbons (Fsp3) is 0.200. The largest absolute Gasteiger partial charge is 0.358 e. The van der Waals surface area contributed by atoms with Gasteiger partial charge >= 0.3 is 0 Å². The summed E-state index contributed by atoms with van der Waals surface area (Å²) in [5.41, 5.74) is 2.10. The van der Waals surface area contributed by atoms with Crippen LogP contribution in [0, 0.1) is 6.92 Å². The van der Waals surface area contributed by atoms with Crippen LogP contribution >= 0.6 is 0 Å². The highest BCUT2D eigenvalue weighted by atomic mass is 16.2. The van der Waals surface area contributed by atoms with Crippen molar-refractivity contribution in [3.8, 4) is 5.69 Å². The molecule has 0 aliphatic carbocycles. The minimum atomic E-state index is -0.284. The van der Waals surface area contributed by atoms with Crippen molar-refractivity contribution in [2.75, 3.05) is 7.05 Å². The molecular weight excluding hydrogens is 282 g/mol. The summed E-state index contributed by atoms with van der Waals surface area (Å²) in [7, 11) is 1.52. The van der Waals surface area contributed by atoms with Gasteiger partial charge in [-0.3, -0.25) is 14.2 Å². The molecule has 112 valence electrons. The zero-order chi connectivity index (χ0) is 15.7. The molecule has 0 fully saturated rings. The number of nitrogens with one attached hydrogen (secondary N) is 1. The first kappa shape index (κ1) is 14.0. The Balaban J connectivity index is 2.14. The first-order chi connectivity index (χ1) is 10.6. The van der Waals surface area contributed by atoms with E-state index < -0.39 is 0 Å². The van der Waals surface area contributed by atoms with Gasteiger partial charge in [0.15, 0.2) is 5.65 Å². The Bertz CT molecular complexity index is 910. The topological polar surface area (TPSA) is 81.8 Å². The van der Waals surface area contributed by atoms with Gasteiger partial charge in [0.2, 0.25) is 5.91 Å². The van der Waals surface area contributed by atoms with Gasteiger partial charge in [-0.25, -0.2) is 9.67 Å². The Morgan fingerprint density at radius 2 is 2.09 bits per heavy atom. The first-order valence-corrected chi connectivity index (χ1v) is 6.81. The zero-order valence-corrected chi connectivity index (χ0v) is 12.3. The summed E-state index contributed by atoms with van der Waals surface area (Å²) < 4.78 is 2.90. The minimum absolute atomic E-state index is 0.0617. The summed E-state index contributed by atoms with van der Waals surface area (Å²) in [5.74, 6) is -0.255. The molecule has 0 aliphatic rings. The number of rotatable bonds is 3. The fourth-order valence-corrected chi connectivity index (χ4v) is 2.27. The van der Waals surface area contributed by atoms with Crippen LogP contribution in [0.3, 0.4) is 0 Å². The number of aryl methyl sites for hydroxylation is 1. The van der Waals surface area contributed by atoms with Crippen molar-refractivity contribution in [1.82, 2.24) is 24.6 Å². The molecule has 1 N–H and O–H groups in total. The normalized spacial score (nSPS) is 10.8. The maximum atomic E-state index is 12.4. The van der Waals surface area contributed by atoms with Crippen molar-refractivity contribution >= 4 is 16.9 Å². The third-order valence-corrected chi connectivity index (χ3v) is 3.49. The third-order valence-electron chi connectivity index (χ3n) is 3.49. The number of hydrogen-bond acceptors (Lipinski definition) is 4. The number of fused-ring (bicyclic) bond motifs is 1. The Morgan fingerprint density at radius 1 is 1.32 bits per heavy atom. The molecule has 3 aromatic rings. The van der Waals surface area contributed by atoms with E-state index >= 15 is 0 Å². The van der Waals surface area contributed by atoms with Gasteiger partial charge in [-0.15, -0.1) is 0 Å². The second kappa shape index (κ2) is 5.44. The van der Waals surface area contributed by atoms with Crippen LogP contribution in [0.25, 0.3) is 16.7 Å². The lowest BCUT2D eigenvalue weighted by Gasteiger charge is -2.07. The molecule has 0 radical (unpaired) electrons. The van der Waals surface area contributed by atoms with Gasteiger partial charge in [-0.1, -0.05) is 18.2 Å². The van der Waals surface area contributed by atoms with Crippen LogP contribution in [-0.2, 0) is 11.3 Å². The molecule has 1 amide bonds. The van der Waals surface area contributed by atoms with Crippen molar-refractivity contribution in [2.45, 2.75) is 13.5 Å². The summed E-state index contributed by atoms with van der Waals surface area (Å²) in [6.45, 7) is 1.91. The van der Waals surface area contributed by atoms with Crippen molar-refractivity contribution in [1.29, 1.82) is 0 Å². The number of benzene rings is 1. The van der Waals surface area contributed by atoms with E-state index in [1.54, 1.807) is 4.68 Å². The van der Waals surface area contributed by atoms with E-state index in [2.05, 4.69) is 15.4 Å². The number of carbonyl (C=O) groups excluding carboxylic acids is 1. The van der Waals surface area contributed by atoms with E-state index in [9.17, 15) is 9.59 Å². The molecule has 0 aliphatic heterocycles. The predicted molar refractivity (Wildman–Crippen MR) is 81.9 cm³/mol. The van der Waals surface area contributed by atoms with Gasteiger partial charge in [0.05, 0.1) is 11.9 Å². The Kier molecular flexibility index (Phi) is 3.46. The van der Waals surface area contributed by atoms with Crippen LogP contribution < -0.4 is 10.9 Å². The van der Waals surface area contributed by atoms with Crippen LogP contribution in [-0.4, -0.2) is 32.3 Å². The lowest BCUT2D eigenvalue weighted by atomic mass is 10.2. The van der Waals surface area contributed by atoms with Crippen LogP contribution in [0.4, 0.5) is 0 Å². The van der Waals surface area contributed by atoms with E-state index in [1.165, 1.54) is 24.1 Å². The average molecular weight is 297 g/mol. The van der Waals surface area contributed by atoms with Crippen LogP contribution in [0.2, 0.25) is 0 Å². The monoisotopic (exact) mass is 297 g/mol. The number of nitrogens with zero attached hydrogens (tertiary/aromatic N) is 4. The molecule has 0 unspecified atom stereocenters. The van der Waals surface area contributed by atoms with Crippen molar-refractivity contribution in [3.63, 3.8) is 0 Å². The summed E-state index contributed by atoms with van der Waals surface area (Å²) in [4.78, 5) is 28.1. The highest BCUT2D eigenvalue weighted by molar-refractivity contribution is 5.77. The van der Waals surface area contributed by atoms with Crippen molar-refractivity contribution in [2.24, 2.45) is 0 Å². The quantitative estimate of drug-likeness (QED) is 0.769. The molecule has 2 aromatic heterocycles. The molecule has 0 saturated heterocycles. The predicted octanol–water partition coefficient (Wildman–Crippen LogP) is 0.637. The maximum absolute atomic E-state index is 12.4. The first-order valence-electron chi connectivity index (χ1n) is 6.81. The number of aromatic nitrogens is 4. The zero-order valence-electron chi connectivity index (χ0n) is 12.3. The van der Waals surface area contributed by atoms with Crippen LogP contribution in [0.5, 0.6) is 0 Å². The molecule has 1 aromatic carbocycles. The number of amides is 1. The van der Waals surface area contributed by atoms with Crippen LogP contribution in [0.1, 0.15) is 5.56 Å². The highest BCUT2D eigenvalue weighted by Gasteiger charge is 2.13. The van der Waals surface area contributed by atoms with Gasteiger partial charge in [-0.2, -0.15) is 5.10 Å². The second-order valence-electron chi connectivity index (χ2n) is 4.93. The molecular formula is C15H15N5O2. The summed E-state index contributed by atoms with van der Waals surface area (Å²) in [6.07, 6.45) is 2.85. The molecule has 0 spiro atoms. The molecule has 7 heteroatoms. The Hall–Kier alpha value is -2.96. The number of carbonyl (C=O) groups is 1. The minimum Gasteiger partial charge on any atom is -0.358 e. The van der Waals surface area contributed by atoms with Crippen molar-refractivity contribution in [3.05, 3.63) is 52.7 Å². The molecule has 22 heavy (non-hydrogen) atoms. The average Bonchev–Trinajstić information content (AvgIpc) is 2.95. The van der Waals surface area contributed by atoms with E-state index in [-0.39, 0.29) is 18.0 Å². The van der Waals surface area contributed by atoms with E-state index in [4.69, 9.17) is 0 Å².